The Morgan fingerprint density at radius 1 is 1.12 bits per heavy atom. The maximum Gasteiger partial charge on any atom is 0.416 e. The van der Waals surface area contributed by atoms with Crippen molar-refractivity contribution < 1.29 is 22.7 Å². The van der Waals surface area contributed by atoms with E-state index >= 15 is 0 Å². The van der Waals surface area contributed by atoms with Crippen LogP contribution in [0, 0.1) is 5.92 Å². The number of ether oxygens (including phenoxy) is 1. The monoisotopic (exact) mass is 341 g/mol. The molecule has 6 heteroatoms. The van der Waals surface area contributed by atoms with Crippen molar-refractivity contribution in [1.82, 2.24) is 5.32 Å². The van der Waals surface area contributed by atoms with Gasteiger partial charge in [-0.05, 0) is 73.9 Å². The second-order valence-corrected chi connectivity index (χ2v) is 6.75. The highest BCUT2D eigenvalue weighted by atomic mass is 19.4. The highest BCUT2D eigenvalue weighted by molar-refractivity contribution is 5.73. The first-order chi connectivity index (χ1) is 11.4. The Morgan fingerprint density at radius 3 is 2.38 bits per heavy atom. The molecule has 0 aromatic heterocycles. The number of hydrogen-bond donors (Lipinski definition) is 1. The van der Waals surface area contributed by atoms with Crippen LogP contribution >= 0.6 is 0 Å². The number of methoxy groups -OCH3 is 1. The third kappa shape index (κ3) is 3.43. The largest absolute Gasteiger partial charge is 0.469 e. The van der Waals surface area contributed by atoms with Crippen LogP contribution in [0.5, 0.6) is 0 Å². The smallest absolute Gasteiger partial charge is 0.416 e. The molecule has 1 N–H and O–H groups in total. The number of hydrogen-bond acceptors (Lipinski definition) is 3. The first-order valence-corrected chi connectivity index (χ1v) is 8.39. The van der Waals surface area contributed by atoms with Gasteiger partial charge in [-0.3, -0.25) is 4.79 Å². The first kappa shape index (κ1) is 17.3. The maximum atomic E-state index is 13.1. The van der Waals surface area contributed by atoms with Gasteiger partial charge in [-0.25, -0.2) is 0 Å². The topological polar surface area (TPSA) is 38.3 Å². The number of nitrogens with one attached hydrogen (secondary N) is 1. The summed E-state index contributed by atoms with van der Waals surface area (Å²) in [6.07, 6.45) is -1.32. The molecule has 0 bridgehead atoms. The van der Waals surface area contributed by atoms with Crippen molar-refractivity contribution in [3.8, 4) is 0 Å². The number of benzene rings is 1. The molecule has 1 saturated heterocycles. The molecule has 1 aromatic carbocycles. The van der Waals surface area contributed by atoms with Gasteiger partial charge in [0.05, 0.1) is 18.6 Å². The van der Waals surface area contributed by atoms with Gasteiger partial charge in [0.2, 0.25) is 0 Å². The van der Waals surface area contributed by atoms with Crippen LogP contribution in [0.2, 0.25) is 0 Å². The summed E-state index contributed by atoms with van der Waals surface area (Å²) in [4.78, 5) is 11.6. The molecule has 0 unspecified atom stereocenters. The lowest BCUT2D eigenvalue weighted by atomic mass is 9.68. The summed E-state index contributed by atoms with van der Waals surface area (Å²) in [5.41, 5.74) is 1.20. The van der Waals surface area contributed by atoms with Gasteiger partial charge >= 0.3 is 12.1 Å². The van der Waals surface area contributed by atoms with Crippen molar-refractivity contribution in [3.63, 3.8) is 0 Å². The number of carbonyl (C=O) groups excluding carboxylic acids is 1. The number of carbonyl (C=O) groups is 1. The van der Waals surface area contributed by atoms with E-state index in [1.807, 2.05) is 0 Å². The molecule has 1 heterocycles. The van der Waals surface area contributed by atoms with Gasteiger partial charge in [0.15, 0.2) is 0 Å². The predicted molar refractivity (Wildman–Crippen MR) is 83.8 cm³/mol. The summed E-state index contributed by atoms with van der Waals surface area (Å²) in [6, 6.07) is 4.15. The van der Waals surface area contributed by atoms with Crippen molar-refractivity contribution in [2.45, 2.75) is 43.7 Å². The lowest BCUT2D eigenvalue weighted by Gasteiger charge is -2.37. The van der Waals surface area contributed by atoms with E-state index < -0.39 is 11.7 Å². The molecule has 1 aromatic rings. The van der Waals surface area contributed by atoms with Crippen molar-refractivity contribution in [2.75, 3.05) is 20.2 Å². The van der Waals surface area contributed by atoms with E-state index in [0.29, 0.717) is 18.8 Å². The molecule has 3 rings (SSSR count). The molecular formula is C18H22F3NO2. The molecule has 132 valence electrons. The Bertz CT molecular complexity index is 603. The minimum absolute atomic E-state index is 0.0151. The van der Waals surface area contributed by atoms with Crippen LogP contribution < -0.4 is 5.32 Å². The van der Waals surface area contributed by atoms with Gasteiger partial charge in [0, 0.05) is 0 Å². The Kier molecular flexibility index (Phi) is 4.85. The molecular weight excluding hydrogens is 319 g/mol. The molecule has 1 saturated carbocycles. The molecule has 3 nitrogen and oxygen atoms in total. The van der Waals surface area contributed by atoms with Crippen molar-refractivity contribution in [2.24, 2.45) is 5.92 Å². The molecule has 2 aliphatic rings. The van der Waals surface area contributed by atoms with Crippen molar-refractivity contribution in [1.29, 1.82) is 0 Å². The van der Waals surface area contributed by atoms with E-state index in [9.17, 15) is 18.0 Å². The number of halogens is 3. The Hall–Kier alpha value is -1.56. The van der Waals surface area contributed by atoms with E-state index in [2.05, 4.69) is 5.32 Å². The van der Waals surface area contributed by atoms with E-state index in [-0.39, 0.29) is 17.8 Å². The number of alkyl halides is 3. The Labute approximate surface area is 139 Å². The van der Waals surface area contributed by atoms with Crippen LogP contribution in [-0.4, -0.2) is 26.2 Å². The normalized spacial score (nSPS) is 25.2. The Balaban J connectivity index is 1.87. The standard InChI is InChI=1S/C18H22F3NO2/c1-24-17(23)13-8-12(9-13)16-10-14(18(19,20)21)2-3-15(16)11-4-6-22-7-5-11/h2-3,10-13,22H,4-9H2,1H3/t12-,13-. The van der Waals surface area contributed by atoms with Gasteiger partial charge < -0.3 is 10.1 Å². The summed E-state index contributed by atoms with van der Waals surface area (Å²) < 4.78 is 44.0. The molecule has 0 amide bonds. The number of esters is 1. The van der Waals surface area contributed by atoms with Crippen LogP contribution in [0.1, 0.15) is 54.2 Å². The second-order valence-electron chi connectivity index (χ2n) is 6.75. The molecule has 0 atom stereocenters. The molecule has 24 heavy (non-hydrogen) atoms. The van der Waals surface area contributed by atoms with E-state index in [4.69, 9.17) is 4.74 Å². The summed E-state index contributed by atoms with van der Waals surface area (Å²) in [5.74, 6) is -0.140. The van der Waals surface area contributed by atoms with E-state index in [1.165, 1.54) is 19.2 Å². The summed E-state index contributed by atoms with van der Waals surface area (Å²) >= 11 is 0. The van der Waals surface area contributed by atoms with E-state index in [1.54, 1.807) is 6.07 Å². The van der Waals surface area contributed by atoms with Crippen molar-refractivity contribution in [3.05, 3.63) is 34.9 Å². The average molecular weight is 341 g/mol. The number of rotatable bonds is 3. The van der Waals surface area contributed by atoms with Crippen LogP contribution in [0.3, 0.4) is 0 Å². The van der Waals surface area contributed by atoms with Crippen LogP contribution in [0.4, 0.5) is 13.2 Å². The summed E-state index contributed by atoms with van der Waals surface area (Å²) in [5, 5.41) is 3.29. The lowest BCUT2D eigenvalue weighted by molar-refractivity contribution is -0.149. The zero-order valence-corrected chi connectivity index (χ0v) is 13.7. The molecule has 0 radical (unpaired) electrons. The predicted octanol–water partition coefficient (Wildman–Crippen LogP) is 3.84. The fourth-order valence-electron chi connectivity index (χ4n) is 3.84. The zero-order chi connectivity index (χ0) is 17.3. The van der Waals surface area contributed by atoms with Crippen LogP contribution in [0.15, 0.2) is 18.2 Å². The van der Waals surface area contributed by atoms with Crippen LogP contribution in [0.25, 0.3) is 0 Å². The SMILES string of the molecule is COC(=O)[C@H]1C[C@H](c2cc(C(F)(F)F)ccc2C2CCNCC2)C1. The lowest BCUT2D eigenvalue weighted by Crippen LogP contribution is -2.32. The first-order valence-electron chi connectivity index (χ1n) is 8.39. The molecule has 1 aliphatic heterocycles. The summed E-state index contributed by atoms with van der Waals surface area (Å²) in [7, 11) is 1.35. The third-order valence-corrected chi connectivity index (χ3v) is 5.31. The fourth-order valence-corrected chi connectivity index (χ4v) is 3.84. The van der Waals surface area contributed by atoms with Gasteiger partial charge in [0.1, 0.15) is 0 Å². The van der Waals surface area contributed by atoms with E-state index in [0.717, 1.165) is 37.1 Å². The second kappa shape index (κ2) is 6.75. The highest BCUT2D eigenvalue weighted by Gasteiger charge is 2.39. The highest BCUT2D eigenvalue weighted by Crippen LogP contribution is 2.47. The van der Waals surface area contributed by atoms with Crippen LogP contribution in [-0.2, 0) is 15.7 Å². The molecule has 2 fully saturated rings. The van der Waals surface area contributed by atoms with Gasteiger partial charge in [-0.15, -0.1) is 0 Å². The maximum absolute atomic E-state index is 13.1. The molecule has 0 spiro atoms. The van der Waals surface area contributed by atoms with Gasteiger partial charge in [-0.1, -0.05) is 6.07 Å². The Morgan fingerprint density at radius 2 is 1.79 bits per heavy atom. The quantitative estimate of drug-likeness (QED) is 0.849. The van der Waals surface area contributed by atoms with Gasteiger partial charge in [0.25, 0.3) is 0 Å². The third-order valence-electron chi connectivity index (χ3n) is 5.31. The van der Waals surface area contributed by atoms with Gasteiger partial charge in [-0.2, -0.15) is 13.2 Å². The average Bonchev–Trinajstić information content (AvgIpc) is 2.53. The number of piperidine rings is 1. The minimum atomic E-state index is -4.34. The fraction of sp³-hybridized carbons (Fsp3) is 0.611. The minimum Gasteiger partial charge on any atom is -0.469 e. The zero-order valence-electron chi connectivity index (χ0n) is 13.7. The summed E-state index contributed by atoms with van der Waals surface area (Å²) in [6.45, 7) is 1.78. The molecule has 1 aliphatic carbocycles. The van der Waals surface area contributed by atoms with Crippen molar-refractivity contribution >= 4 is 5.97 Å².